The normalized spacial score (nSPS) is 29.8. The van der Waals surface area contributed by atoms with Crippen LogP contribution in [0.4, 0.5) is 0 Å². The van der Waals surface area contributed by atoms with Gasteiger partial charge in [-0.15, -0.1) is 0 Å². The number of nitrogens with zero attached hydrogens (tertiary/aromatic N) is 1. The molecule has 14 heavy (non-hydrogen) atoms. The van der Waals surface area contributed by atoms with Crippen molar-refractivity contribution in [3.63, 3.8) is 0 Å². The maximum absolute atomic E-state index is 4.57. The van der Waals surface area contributed by atoms with Gasteiger partial charge in [-0.1, -0.05) is 0 Å². The predicted molar refractivity (Wildman–Crippen MR) is 59.4 cm³/mol. The summed E-state index contributed by atoms with van der Waals surface area (Å²) in [7, 11) is 0. The Morgan fingerprint density at radius 3 is 3.29 bits per heavy atom. The van der Waals surface area contributed by atoms with Crippen molar-refractivity contribution < 1.29 is 0 Å². The molecule has 2 heterocycles. The van der Waals surface area contributed by atoms with Crippen LogP contribution in [0, 0.1) is 5.92 Å². The molecule has 0 radical (unpaired) electrons. The van der Waals surface area contributed by atoms with E-state index in [2.05, 4.69) is 32.3 Å². The third-order valence-electron chi connectivity index (χ3n) is 3.44. The summed E-state index contributed by atoms with van der Waals surface area (Å²) in [6.45, 7) is 2.30. The number of pyridine rings is 1. The molecular formula is C11H13BrN2. The number of hydrogen-bond donors (Lipinski definition) is 1. The van der Waals surface area contributed by atoms with E-state index in [9.17, 15) is 0 Å². The molecule has 1 aliphatic heterocycles. The quantitative estimate of drug-likeness (QED) is 0.765. The fourth-order valence-corrected chi connectivity index (χ4v) is 3.10. The standard InChI is InChI=1S/C11H13BrN2/c12-9-3-7-1-2-8-4-13-6-10(8)11(7)14-5-9/h3,5,8,10,13H,1-2,4,6H2. The maximum Gasteiger partial charge on any atom is 0.0483 e. The second-order valence-corrected chi connectivity index (χ2v) is 5.18. The van der Waals surface area contributed by atoms with Gasteiger partial charge in [0, 0.05) is 28.8 Å². The van der Waals surface area contributed by atoms with E-state index in [0.29, 0.717) is 5.92 Å². The Kier molecular flexibility index (Phi) is 2.10. The van der Waals surface area contributed by atoms with Crippen molar-refractivity contribution in [3.8, 4) is 0 Å². The van der Waals surface area contributed by atoms with Crippen LogP contribution in [0.1, 0.15) is 23.6 Å². The lowest BCUT2D eigenvalue weighted by Gasteiger charge is -2.26. The van der Waals surface area contributed by atoms with Gasteiger partial charge >= 0.3 is 0 Å². The van der Waals surface area contributed by atoms with Crippen LogP contribution in [0.3, 0.4) is 0 Å². The SMILES string of the molecule is Brc1cnc2c(c1)CCC1CNCC21. The van der Waals surface area contributed by atoms with E-state index in [0.717, 1.165) is 16.9 Å². The number of halogens is 1. The summed E-state index contributed by atoms with van der Waals surface area (Å²) >= 11 is 3.48. The van der Waals surface area contributed by atoms with Gasteiger partial charge in [0.1, 0.15) is 0 Å². The second-order valence-electron chi connectivity index (χ2n) is 4.26. The molecule has 1 aromatic rings. The lowest BCUT2D eigenvalue weighted by molar-refractivity contribution is 0.442. The Morgan fingerprint density at radius 2 is 2.36 bits per heavy atom. The molecular weight excluding hydrogens is 240 g/mol. The number of aryl methyl sites for hydroxylation is 1. The van der Waals surface area contributed by atoms with E-state index in [1.54, 1.807) is 0 Å². The highest BCUT2D eigenvalue weighted by Gasteiger charge is 2.34. The van der Waals surface area contributed by atoms with Gasteiger partial charge in [-0.2, -0.15) is 0 Å². The summed E-state index contributed by atoms with van der Waals surface area (Å²) < 4.78 is 1.11. The molecule has 0 bridgehead atoms. The molecule has 2 atom stereocenters. The van der Waals surface area contributed by atoms with Crippen molar-refractivity contribution in [2.45, 2.75) is 18.8 Å². The predicted octanol–water partition coefficient (Wildman–Crippen LogP) is 2.09. The summed E-state index contributed by atoms with van der Waals surface area (Å²) in [5, 5.41) is 3.47. The highest BCUT2D eigenvalue weighted by atomic mass is 79.9. The van der Waals surface area contributed by atoms with E-state index >= 15 is 0 Å². The van der Waals surface area contributed by atoms with E-state index in [1.807, 2.05) is 6.20 Å². The minimum atomic E-state index is 0.673. The number of aromatic nitrogens is 1. The van der Waals surface area contributed by atoms with Crippen LogP contribution in [0.25, 0.3) is 0 Å². The fourth-order valence-electron chi connectivity index (χ4n) is 2.72. The maximum atomic E-state index is 4.57. The number of hydrogen-bond acceptors (Lipinski definition) is 2. The zero-order valence-corrected chi connectivity index (χ0v) is 9.55. The number of nitrogens with one attached hydrogen (secondary N) is 1. The molecule has 1 fully saturated rings. The Bertz CT molecular complexity index is 364. The topological polar surface area (TPSA) is 24.9 Å². The van der Waals surface area contributed by atoms with Gasteiger partial charge in [0.2, 0.25) is 0 Å². The van der Waals surface area contributed by atoms with Crippen LogP contribution < -0.4 is 5.32 Å². The monoisotopic (exact) mass is 252 g/mol. The van der Waals surface area contributed by atoms with Gasteiger partial charge in [-0.3, -0.25) is 4.98 Å². The molecule has 74 valence electrons. The van der Waals surface area contributed by atoms with Crippen LogP contribution in [-0.2, 0) is 6.42 Å². The molecule has 3 rings (SSSR count). The molecule has 0 amide bonds. The van der Waals surface area contributed by atoms with Gasteiger partial charge < -0.3 is 5.32 Å². The fraction of sp³-hybridized carbons (Fsp3) is 0.545. The molecule has 2 nitrogen and oxygen atoms in total. The van der Waals surface area contributed by atoms with Crippen LogP contribution in [-0.4, -0.2) is 18.1 Å². The third-order valence-corrected chi connectivity index (χ3v) is 3.88. The lowest BCUT2D eigenvalue weighted by atomic mass is 9.80. The number of fused-ring (bicyclic) bond motifs is 3. The van der Waals surface area contributed by atoms with Gasteiger partial charge in [0.15, 0.2) is 0 Å². The number of rotatable bonds is 0. The van der Waals surface area contributed by atoms with Crippen molar-refractivity contribution in [3.05, 3.63) is 28.0 Å². The van der Waals surface area contributed by atoms with Crippen LogP contribution in [0.2, 0.25) is 0 Å². The van der Waals surface area contributed by atoms with E-state index in [4.69, 9.17) is 0 Å². The van der Waals surface area contributed by atoms with Crippen LogP contribution in [0.5, 0.6) is 0 Å². The molecule has 3 heteroatoms. The molecule has 1 aromatic heterocycles. The summed E-state index contributed by atoms with van der Waals surface area (Å²) in [6.07, 6.45) is 4.45. The summed E-state index contributed by atoms with van der Waals surface area (Å²) in [4.78, 5) is 4.57. The first kappa shape index (κ1) is 8.86. The molecule has 0 spiro atoms. The van der Waals surface area contributed by atoms with Crippen molar-refractivity contribution in [2.24, 2.45) is 5.92 Å². The van der Waals surface area contributed by atoms with E-state index in [1.165, 1.54) is 30.6 Å². The highest BCUT2D eigenvalue weighted by molar-refractivity contribution is 9.10. The average Bonchev–Trinajstić information content (AvgIpc) is 2.65. The smallest absolute Gasteiger partial charge is 0.0483 e. The molecule has 1 N–H and O–H groups in total. The molecule has 0 saturated carbocycles. The first-order valence-electron chi connectivity index (χ1n) is 5.19. The Labute approximate surface area is 92.2 Å². The van der Waals surface area contributed by atoms with Crippen molar-refractivity contribution >= 4 is 15.9 Å². The molecule has 0 aromatic carbocycles. The summed E-state index contributed by atoms with van der Waals surface area (Å²) in [6, 6.07) is 2.23. The summed E-state index contributed by atoms with van der Waals surface area (Å²) in [5.41, 5.74) is 2.79. The zero-order valence-electron chi connectivity index (χ0n) is 7.96. The minimum Gasteiger partial charge on any atom is -0.316 e. The lowest BCUT2D eigenvalue weighted by Crippen LogP contribution is -2.20. The van der Waals surface area contributed by atoms with Crippen molar-refractivity contribution in [1.29, 1.82) is 0 Å². The van der Waals surface area contributed by atoms with Gasteiger partial charge in [-0.05, 0) is 52.9 Å². The van der Waals surface area contributed by atoms with Crippen molar-refractivity contribution in [1.82, 2.24) is 10.3 Å². The summed E-state index contributed by atoms with van der Waals surface area (Å²) in [5.74, 6) is 1.50. The van der Waals surface area contributed by atoms with Gasteiger partial charge in [0.25, 0.3) is 0 Å². The first-order chi connectivity index (χ1) is 6.84. The molecule has 1 aliphatic carbocycles. The van der Waals surface area contributed by atoms with Gasteiger partial charge in [0.05, 0.1) is 0 Å². The Hall–Kier alpha value is -0.410. The van der Waals surface area contributed by atoms with Gasteiger partial charge in [-0.25, -0.2) is 0 Å². The third kappa shape index (κ3) is 1.30. The highest BCUT2D eigenvalue weighted by Crippen LogP contribution is 2.37. The van der Waals surface area contributed by atoms with Crippen LogP contribution >= 0.6 is 15.9 Å². The van der Waals surface area contributed by atoms with E-state index < -0.39 is 0 Å². The van der Waals surface area contributed by atoms with Crippen LogP contribution in [0.15, 0.2) is 16.7 Å². The minimum absolute atomic E-state index is 0.673. The molecule has 1 saturated heterocycles. The first-order valence-corrected chi connectivity index (χ1v) is 5.99. The molecule has 2 aliphatic rings. The van der Waals surface area contributed by atoms with Crippen molar-refractivity contribution in [2.75, 3.05) is 13.1 Å². The Balaban J connectivity index is 2.05. The molecule has 2 unspecified atom stereocenters. The zero-order chi connectivity index (χ0) is 9.54. The largest absolute Gasteiger partial charge is 0.316 e. The average molecular weight is 253 g/mol. The Morgan fingerprint density at radius 1 is 1.43 bits per heavy atom. The second kappa shape index (κ2) is 3.31. The van der Waals surface area contributed by atoms with E-state index in [-0.39, 0.29) is 0 Å².